The van der Waals surface area contributed by atoms with Crippen LogP contribution in [0, 0.1) is 0 Å². The number of carbonyl (C=O) groups excluding carboxylic acids is 1. The summed E-state index contributed by atoms with van der Waals surface area (Å²) in [5.74, 6) is 0.147. The average molecular weight is 349 g/mol. The number of thiophene rings is 1. The van der Waals surface area contributed by atoms with Crippen LogP contribution in [0.25, 0.3) is 0 Å². The standard InChI is InChI=1S/C20H32N2OS/c1-15-8-6-9-16(2)22(15)13-7-12-21-20(23)18-14-24-19-11-5-3-4-10-17(18)19/h14-16H,3-13H2,1-2H3,(H,21,23)/t15-,16+. The summed E-state index contributed by atoms with van der Waals surface area (Å²) >= 11 is 1.79. The van der Waals surface area contributed by atoms with Crippen molar-refractivity contribution in [3.05, 3.63) is 21.4 Å². The predicted molar refractivity (Wildman–Crippen MR) is 102 cm³/mol. The molecule has 0 unspecified atom stereocenters. The second-order valence-electron chi connectivity index (χ2n) is 7.59. The first kappa shape index (κ1) is 17.9. The lowest BCUT2D eigenvalue weighted by molar-refractivity contribution is 0.0925. The van der Waals surface area contributed by atoms with Crippen molar-refractivity contribution in [3.8, 4) is 0 Å². The summed E-state index contributed by atoms with van der Waals surface area (Å²) in [5, 5.41) is 5.25. The molecule has 0 bridgehead atoms. The van der Waals surface area contributed by atoms with E-state index in [1.165, 1.54) is 49.0 Å². The molecule has 1 aromatic heterocycles. The minimum atomic E-state index is 0.147. The van der Waals surface area contributed by atoms with Crippen LogP contribution in [0.1, 0.15) is 79.6 Å². The minimum Gasteiger partial charge on any atom is -0.352 e. The van der Waals surface area contributed by atoms with E-state index in [0.717, 1.165) is 37.9 Å². The lowest BCUT2D eigenvalue weighted by atomic mass is 9.97. The van der Waals surface area contributed by atoms with E-state index in [1.807, 2.05) is 0 Å². The molecule has 1 aromatic rings. The molecule has 1 saturated heterocycles. The van der Waals surface area contributed by atoms with Crippen LogP contribution in [0.3, 0.4) is 0 Å². The Bertz CT molecular complexity index is 544. The van der Waals surface area contributed by atoms with E-state index >= 15 is 0 Å². The summed E-state index contributed by atoms with van der Waals surface area (Å²) in [5.41, 5.74) is 2.30. The Labute approximate surface area is 150 Å². The van der Waals surface area contributed by atoms with E-state index in [-0.39, 0.29) is 5.91 Å². The molecule has 1 N–H and O–H groups in total. The molecule has 2 aliphatic rings. The van der Waals surface area contributed by atoms with E-state index in [9.17, 15) is 4.79 Å². The first-order valence-corrected chi connectivity index (χ1v) is 10.7. The van der Waals surface area contributed by atoms with Crippen molar-refractivity contribution in [1.82, 2.24) is 10.2 Å². The van der Waals surface area contributed by atoms with Crippen LogP contribution in [-0.4, -0.2) is 36.0 Å². The second kappa shape index (κ2) is 8.48. The third kappa shape index (κ3) is 4.20. The number of likely N-dealkylation sites (tertiary alicyclic amines) is 1. The molecule has 0 radical (unpaired) electrons. The molecule has 2 heterocycles. The number of nitrogens with one attached hydrogen (secondary N) is 1. The fourth-order valence-corrected chi connectivity index (χ4v) is 5.46. The van der Waals surface area contributed by atoms with Gasteiger partial charge in [-0.1, -0.05) is 12.8 Å². The van der Waals surface area contributed by atoms with Crippen LogP contribution in [-0.2, 0) is 12.8 Å². The third-order valence-corrected chi connectivity index (χ3v) is 6.90. The molecule has 4 heteroatoms. The maximum absolute atomic E-state index is 12.6. The molecule has 1 amide bonds. The third-order valence-electron chi connectivity index (χ3n) is 5.81. The fourth-order valence-electron chi connectivity index (χ4n) is 4.34. The van der Waals surface area contributed by atoms with Crippen molar-refractivity contribution in [2.75, 3.05) is 13.1 Å². The highest BCUT2D eigenvalue weighted by molar-refractivity contribution is 7.10. The van der Waals surface area contributed by atoms with Gasteiger partial charge in [0.15, 0.2) is 0 Å². The van der Waals surface area contributed by atoms with Gasteiger partial charge in [0.1, 0.15) is 0 Å². The minimum absolute atomic E-state index is 0.147. The van der Waals surface area contributed by atoms with Gasteiger partial charge in [-0.15, -0.1) is 11.3 Å². The number of aryl methyl sites for hydroxylation is 1. The average Bonchev–Trinajstić information content (AvgIpc) is 2.82. The van der Waals surface area contributed by atoms with Crippen molar-refractivity contribution < 1.29 is 4.79 Å². The maximum Gasteiger partial charge on any atom is 0.252 e. The number of fused-ring (bicyclic) bond motifs is 1. The second-order valence-corrected chi connectivity index (χ2v) is 8.55. The van der Waals surface area contributed by atoms with Crippen LogP contribution in [0.4, 0.5) is 0 Å². The zero-order valence-corrected chi connectivity index (χ0v) is 16.1. The van der Waals surface area contributed by atoms with Crippen LogP contribution in [0.5, 0.6) is 0 Å². The van der Waals surface area contributed by atoms with Crippen LogP contribution in [0.15, 0.2) is 5.38 Å². The highest BCUT2D eigenvalue weighted by Crippen LogP contribution is 2.29. The van der Waals surface area contributed by atoms with E-state index in [1.54, 1.807) is 11.3 Å². The molecule has 1 fully saturated rings. The summed E-state index contributed by atoms with van der Waals surface area (Å²) in [6.45, 7) is 6.58. The first-order chi connectivity index (χ1) is 11.7. The van der Waals surface area contributed by atoms with Gasteiger partial charge in [0.2, 0.25) is 0 Å². The molecule has 3 nitrogen and oxygen atoms in total. The van der Waals surface area contributed by atoms with Crippen molar-refractivity contribution in [2.24, 2.45) is 0 Å². The predicted octanol–water partition coefficient (Wildman–Crippen LogP) is 4.40. The fraction of sp³-hybridized carbons (Fsp3) is 0.750. The Morgan fingerprint density at radius 2 is 1.92 bits per heavy atom. The van der Waals surface area contributed by atoms with E-state index in [4.69, 9.17) is 0 Å². The largest absolute Gasteiger partial charge is 0.352 e. The van der Waals surface area contributed by atoms with E-state index in [2.05, 4.69) is 29.4 Å². The van der Waals surface area contributed by atoms with Gasteiger partial charge in [-0.3, -0.25) is 9.69 Å². The van der Waals surface area contributed by atoms with Crippen molar-refractivity contribution in [2.45, 2.75) is 83.7 Å². The number of hydrogen-bond donors (Lipinski definition) is 1. The van der Waals surface area contributed by atoms with Crippen molar-refractivity contribution in [1.29, 1.82) is 0 Å². The normalized spacial score (nSPS) is 25.1. The highest BCUT2D eigenvalue weighted by Gasteiger charge is 2.24. The monoisotopic (exact) mass is 348 g/mol. The summed E-state index contributed by atoms with van der Waals surface area (Å²) < 4.78 is 0. The highest BCUT2D eigenvalue weighted by atomic mass is 32.1. The first-order valence-electron chi connectivity index (χ1n) is 9.80. The van der Waals surface area contributed by atoms with E-state index in [0.29, 0.717) is 12.1 Å². The molecule has 2 atom stereocenters. The molecule has 0 spiro atoms. The maximum atomic E-state index is 12.6. The lowest BCUT2D eigenvalue weighted by Gasteiger charge is -2.39. The van der Waals surface area contributed by atoms with Gasteiger partial charge in [-0.05, 0) is 64.4 Å². The summed E-state index contributed by atoms with van der Waals surface area (Å²) in [7, 11) is 0. The number of nitrogens with zero attached hydrogens (tertiary/aromatic N) is 1. The lowest BCUT2D eigenvalue weighted by Crippen LogP contribution is -2.44. The molecule has 0 saturated carbocycles. The Kier molecular flexibility index (Phi) is 6.34. The van der Waals surface area contributed by atoms with Gasteiger partial charge < -0.3 is 5.32 Å². The summed E-state index contributed by atoms with van der Waals surface area (Å²) in [6, 6.07) is 1.38. The molecule has 0 aromatic carbocycles. The zero-order chi connectivity index (χ0) is 16.9. The Hall–Kier alpha value is -0.870. The molecule has 1 aliphatic heterocycles. The molecule has 134 valence electrons. The molecular formula is C20H32N2OS. The molecule has 1 aliphatic carbocycles. The van der Waals surface area contributed by atoms with Gasteiger partial charge in [0.25, 0.3) is 5.91 Å². The molecule has 24 heavy (non-hydrogen) atoms. The van der Waals surface area contributed by atoms with Gasteiger partial charge >= 0.3 is 0 Å². The van der Waals surface area contributed by atoms with Gasteiger partial charge in [0, 0.05) is 35.4 Å². The van der Waals surface area contributed by atoms with Crippen molar-refractivity contribution >= 4 is 17.2 Å². The number of hydrogen-bond acceptors (Lipinski definition) is 3. The topological polar surface area (TPSA) is 32.3 Å². The Balaban J connectivity index is 1.47. The zero-order valence-electron chi connectivity index (χ0n) is 15.3. The summed E-state index contributed by atoms with van der Waals surface area (Å²) in [4.78, 5) is 16.6. The van der Waals surface area contributed by atoms with E-state index < -0.39 is 0 Å². The molecule has 3 rings (SSSR count). The van der Waals surface area contributed by atoms with Crippen LogP contribution in [0.2, 0.25) is 0 Å². The Morgan fingerprint density at radius 3 is 2.71 bits per heavy atom. The Morgan fingerprint density at radius 1 is 1.17 bits per heavy atom. The smallest absolute Gasteiger partial charge is 0.252 e. The van der Waals surface area contributed by atoms with Gasteiger partial charge in [-0.2, -0.15) is 0 Å². The SMILES string of the molecule is C[C@@H]1CCC[C@H](C)N1CCCNC(=O)c1csc2c1CCCCC2. The van der Waals surface area contributed by atoms with Gasteiger partial charge in [-0.25, -0.2) is 0 Å². The van der Waals surface area contributed by atoms with Crippen LogP contribution < -0.4 is 5.32 Å². The number of rotatable bonds is 5. The van der Waals surface area contributed by atoms with Crippen molar-refractivity contribution in [3.63, 3.8) is 0 Å². The number of amides is 1. The summed E-state index contributed by atoms with van der Waals surface area (Å²) in [6.07, 6.45) is 11.1. The number of piperidine rings is 1. The van der Waals surface area contributed by atoms with Gasteiger partial charge in [0.05, 0.1) is 5.56 Å². The number of carbonyl (C=O) groups is 1. The quantitative estimate of drug-likeness (QED) is 0.632. The molecular weight excluding hydrogens is 316 g/mol. The van der Waals surface area contributed by atoms with Crippen LogP contribution >= 0.6 is 11.3 Å².